The average Bonchev–Trinajstić information content (AvgIpc) is 2.62. The van der Waals surface area contributed by atoms with Crippen LogP contribution in [0.5, 0.6) is 0 Å². The van der Waals surface area contributed by atoms with Gasteiger partial charge in [-0.1, -0.05) is 38.8 Å². The SMILES string of the molecule is CCC(CC)CC1(CC(=O)O)C=CCC1. The standard InChI is InChI=1S/C13H22O2/c1-3-11(4-2)9-13(10-12(14)15)7-5-6-8-13/h5,7,11H,3-4,6,8-10H2,1-2H3,(H,14,15). The molecule has 0 aromatic carbocycles. The lowest BCUT2D eigenvalue weighted by Gasteiger charge is -2.29. The third-order valence-corrected chi connectivity index (χ3v) is 3.63. The zero-order chi connectivity index (χ0) is 11.3. The molecule has 0 heterocycles. The van der Waals surface area contributed by atoms with E-state index < -0.39 is 5.97 Å². The van der Waals surface area contributed by atoms with Gasteiger partial charge in [0.1, 0.15) is 0 Å². The van der Waals surface area contributed by atoms with E-state index in [4.69, 9.17) is 5.11 Å². The van der Waals surface area contributed by atoms with Crippen molar-refractivity contribution < 1.29 is 9.90 Å². The number of carboxylic acid groups (broad SMARTS) is 1. The van der Waals surface area contributed by atoms with Gasteiger partial charge in [-0.05, 0) is 30.6 Å². The fourth-order valence-electron chi connectivity index (χ4n) is 2.63. The lowest BCUT2D eigenvalue weighted by molar-refractivity contribution is -0.139. The van der Waals surface area contributed by atoms with Crippen molar-refractivity contribution in [3.05, 3.63) is 12.2 Å². The quantitative estimate of drug-likeness (QED) is 0.680. The number of aliphatic carboxylic acids is 1. The molecular weight excluding hydrogens is 188 g/mol. The summed E-state index contributed by atoms with van der Waals surface area (Å²) in [6.45, 7) is 4.39. The smallest absolute Gasteiger partial charge is 0.304 e. The number of hydrogen-bond acceptors (Lipinski definition) is 1. The molecule has 1 atom stereocenters. The molecule has 0 aromatic heterocycles. The van der Waals surface area contributed by atoms with Gasteiger partial charge in [-0.15, -0.1) is 0 Å². The van der Waals surface area contributed by atoms with Gasteiger partial charge >= 0.3 is 5.97 Å². The van der Waals surface area contributed by atoms with E-state index in [0.29, 0.717) is 12.3 Å². The molecule has 86 valence electrons. The Bertz CT molecular complexity index is 241. The molecule has 0 saturated carbocycles. The minimum atomic E-state index is -0.660. The van der Waals surface area contributed by atoms with E-state index in [2.05, 4.69) is 26.0 Å². The molecule has 0 saturated heterocycles. The summed E-state index contributed by atoms with van der Waals surface area (Å²) in [7, 11) is 0. The third-order valence-electron chi connectivity index (χ3n) is 3.63. The van der Waals surface area contributed by atoms with Crippen LogP contribution in [0.2, 0.25) is 0 Å². The molecule has 0 spiro atoms. The Kier molecular flexibility index (Phi) is 4.37. The van der Waals surface area contributed by atoms with Crippen LogP contribution in [0.4, 0.5) is 0 Å². The highest BCUT2D eigenvalue weighted by Crippen LogP contribution is 2.42. The van der Waals surface area contributed by atoms with Gasteiger partial charge in [0.05, 0.1) is 6.42 Å². The normalized spacial score (nSPS) is 25.0. The summed E-state index contributed by atoms with van der Waals surface area (Å²) in [5.41, 5.74) is -0.0392. The van der Waals surface area contributed by atoms with Crippen LogP contribution in [0.25, 0.3) is 0 Å². The van der Waals surface area contributed by atoms with Gasteiger partial charge in [0.15, 0.2) is 0 Å². The van der Waals surface area contributed by atoms with Gasteiger partial charge in [-0.2, -0.15) is 0 Å². The van der Waals surface area contributed by atoms with Gasteiger partial charge in [0.2, 0.25) is 0 Å². The molecule has 0 aromatic rings. The number of rotatable bonds is 6. The Balaban J connectivity index is 2.64. The van der Waals surface area contributed by atoms with Crippen LogP contribution >= 0.6 is 0 Å². The van der Waals surface area contributed by atoms with Crippen molar-refractivity contribution in [2.45, 2.75) is 52.4 Å². The summed E-state index contributed by atoms with van der Waals surface area (Å²) in [6, 6.07) is 0. The summed E-state index contributed by atoms with van der Waals surface area (Å²) in [4.78, 5) is 10.9. The summed E-state index contributed by atoms with van der Waals surface area (Å²) < 4.78 is 0. The Labute approximate surface area is 92.4 Å². The van der Waals surface area contributed by atoms with Crippen LogP contribution in [0.15, 0.2) is 12.2 Å². The zero-order valence-electron chi connectivity index (χ0n) is 9.83. The van der Waals surface area contributed by atoms with Gasteiger partial charge in [-0.3, -0.25) is 4.79 Å². The van der Waals surface area contributed by atoms with E-state index in [1.807, 2.05) is 0 Å². The maximum absolute atomic E-state index is 10.9. The lowest BCUT2D eigenvalue weighted by Crippen LogP contribution is -2.23. The predicted octanol–water partition coefficient (Wildman–Crippen LogP) is 3.62. The monoisotopic (exact) mass is 210 g/mol. The highest BCUT2D eigenvalue weighted by Gasteiger charge is 2.33. The first kappa shape index (κ1) is 12.3. The molecule has 2 heteroatoms. The Morgan fingerprint density at radius 3 is 2.53 bits per heavy atom. The molecule has 1 rings (SSSR count). The van der Waals surface area contributed by atoms with Gasteiger partial charge in [0, 0.05) is 0 Å². The molecular formula is C13H22O2. The fraction of sp³-hybridized carbons (Fsp3) is 0.769. The molecule has 0 amide bonds. The van der Waals surface area contributed by atoms with Crippen molar-refractivity contribution >= 4 is 5.97 Å². The molecule has 2 nitrogen and oxygen atoms in total. The first-order valence-electron chi connectivity index (χ1n) is 6.01. The molecule has 1 N–H and O–H groups in total. The molecule has 1 aliphatic carbocycles. The molecule has 0 bridgehead atoms. The fourth-order valence-corrected chi connectivity index (χ4v) is 2.63. The van der Waals surface area contributed by atoms with Crippen LogP contribution in [-0.4, -0.2) is 11.1 Å². The minimum absolute atomic E-state index is 0.0392. The van der Waals surface area contributed by atoms with Crippen molar-refractivity contribution in [3.63, 3.8) is 0 Å². The third kappa shape index (κ3) is 3.37. The molecule has 0 radical (unpaired) electrons. The van der Waals surface area contributed by atoms with E-state index in [-0.39, 0.29) is 5.41 Å². The maximum Gasteiger partial charge on any atom is 0.304 e. The summed E-state index contributed by atoms with van der Waals surface area (Å²) >= 11 is 0. The highest BCUT2D eigenvalue weighted by atomic mass is 16.4. The number of hydrogen-bond donors (Lipinski definition) is 1. The van der Waals surface area contributed by atoms with Crippen molar-refractivity contribution in [2.24, 2.45) is 11.3 Å². The van der Waals surface area contributed by atoms with Gasteiger partial charge in [-0.25, -0.2) is 0 Å². The Morgan fingerprint density at radius 2 is 2.13 bits per heavy atom. The summed E-state index contributed by atoms with van der Waals surface area (Å²) in [5.74, 6) is 0.0135. The van der Waals surface area contributed by atoms with Crippen molar-refractivity contribution in [3.8, 4) is 0 Å². The van der Waals surface area contributed by atoms with Crippen LogP contribution < -0.4 is 0 Å². The van der Waals surface area contributed by atoms with Gasteiger partial charge < -0.3 is 5.11 Å². The van der Waals surface area contributed by atoms with Crippen molar-refractivity contribution in [1.82, 2.24) is 0 Å². The first-order valence-corrected chi connectivity index (χ1v) is 6.01. The van der Waals surface area contributed by atoms with Gasteiger partial charge in [0.25, 0.3) is 0 Å². The second kappa shape index (κ2) is 5.34. The van der Waals surface area contributed by atoms with E-state index in [9.17, 15) is 4.79 Å². The number of carbonyl (C=O) groups is 1. The Morgan fingerprint density at radius 1 is 1.47 bits per heavy atom. The van der Waals surface area contributed by atoms with Crippen LogP contribution in [0.3, 0.4) is 0 Å². The van der Waals surface area contributed by atoms with Crippen LogP contribution in [0.1, 0.15) is 52.4 Å². The maximum atomic E-state index is 10.9. The summed E-state index contributed by atoms with van der Waals surface area (Å²) in [6.07, 6.45) is 10.0. The lowest BCUT2D eigenvalue weighted by atomic mass is 9.75. The molecule has 15 heavy (non-hydrogen) atoms. The Hall–Kier alpha value is -0.790. The topological polar surface area (TPSA) is 37.3 Å². The second-order valence-electron chi connectivity index (χ2n) is 4.76. The van der Waals surface area contributed by atoms with Crippen molar-refractivity contribution in [1.29, 1.82) is 0 Å². The molecule has 0 aliphatic heterocycles. The highest BCUT2D eigenvalue weighted by molar-refractivity contribution is 5.68. The molecule has 0 fully saturated rings. The van der Waals surface area contributed by atoms with Crippen molar-refractivity contribution in [2.75, 3.05) is 0 Å². The predicted molar refractivity (Wildman–Crippen MR) is 61.7 cm³/mol. The zero-order valence-corrected chi connectivity index (χ0v) is 9.83. The van der Waals surface area contributed by atoms with E-state index in [1.54, 1.807) is 0 Å². The second-order valence-corrected chi connectivity index (χ2v) is 4.76. The van der Waals surface area contributed by atoms with Crippen LogP contribution in [-0.2, 0) is 4.79 Å². The minimum Gasteiger partial charge on any atom is -0.481 e. The number of carboxylic acids is 1. The average molecular weight is 210 g/mol. The number of allylic oxidation sites excluding steroid dienone is 2. The first-order chi connectivity index (χ1) is 7.12. The summed E-state index contributed by atoms with van der Waals surface area (Å²) in [5, 5.41) is 8.96. The largest absolute Gasteiger partial charge is 0.481 e. The van der Waals surface area contributed by atoms with Crippen LogP contribution in [0, 0.1) is 11.3 Å². The van der Waals surface area contributed by atoms with E-state index in [0.717, 1.165) is 32.1 Å². The molecule has 1 unspecified atom stereocenters. The van der Waals surface area contributed by atoms with E-state index in [1.165, 1.54) is 0 Å². The van der Waals surface area contributed by atoms with E-state index >= 15 is 0 Å². The molecule has 1 aliphatic rings.